The van der Waals surface area contributed by atoms with Gasteiger partial charge in [-0.2, -0.15) is 0 Å². The Morgan fingerprint density at radius 2 is 1.20 bits per heavy atom. The molecule has 126 valence electrons. The summed E-state index contributed by atoms with van der Waals surface area (Å²) >= 11 is 0. The Bertz CT molecular complexity index is 777. The van der Waals surface area contributed by atoms with Crippen LogP contribution in [0.1, 0.15) is 29.7 Å². The normalized spacial score (nSPS) is 12.5. The second-order valence-corrected chi connectivity index (χ2v) is 6.12. The zero-order chi connectivity index (χ0) is 17.7. The van der Waals surface area contributed by atoms with Gasteiger partial charge in [-0.05, 0) is 23.6 Å². The largest absolute Gasteiger partial charge is 0.367 e. The fourth-order valence-electron chi connectivity index (χ4n) is 3.22. The predicted octanol–water partition coefficient (Wildman–Crippen LogP) is 3.77. The third-order valence-electron chi connectivity index (χ3n) is 4.52. The summed E-state index contributed by atoms with van der Waals surface area (Å²) in [5, 5.41) is 3.50. The van der Waals surface area contributed by atoms with Gasteiger partial charge in [0.2, 0.25) is 5.91 Å². The van der Waals surface area contributed by atoms with Gasteiger partial charge in [0.15, 0.2) is 0 Å². The fourth-order valence-corrected chi connectivity index (χ4v) is 3.22. The molecule has 0 radical (unpaired) electrons. The molecule has 0 heterocycles. The summed E-state index contributed by atoms with van der Waals surface area (Å²) in [6.07, 6.45) is 0. The van der Waals surface area contributed by atoms with E-state index in [0.29, 0.717) is 0 Å². The Morgan fingerprint density at radius 1 is 0.800 bits per heavy atom. The Labute approximate surface area is 148 Å². The maximum atomic E-state index is 12.7. The van der Waals surface area contributed by atoms with Crippen LogP contribution in [0.3, 0.4) is 0 Å². The minimum Gasteiger partial charge on any atom is -0.367 e. The van der Waals surface area contributed by atoms with E-state index in [1.54, 1.807) is 0 Å². The highest BCUT2D eigenvalue weighted by molar-refractivity contribution is 5.90. The van der Waals surface area contributed by atoms with E-state index in [2.05, 4.69) is 5.32 Å². The molecule has 0 fully saturated rings. The van der Waals surface area contributed by atoms with Crippen molar-refractivity contribution in [2.75, 3.05) is 0 Å². The molecular formula is C22H22N2O. The first kappa shape index (κ1) is 16.9. The molecule has 3 aromatic rings. The molecule has 0 aliphatic heterocycles. The summed E-state index contributed by atoms with van der Waals surface area (Å²) in [4.78, 5) is 12.7. The van der Waals surface area contributed by atoms with Crippen molar-refractivity contribution in [3.8, 4) is 0 Å². The summed E-state index contributed by atoms with van der Waals surface area (Å²) in [5.74, 6) is -0.423. The molecule has 3 aromatic carbocycles. The molecule has 0 aromatic heterocycles. The van der Waals surface area contributed by atoms with Crippen LogP contribution in [-0.4, -0.2) is 5.91 Å². The van der Waals surface area contributed by atoms with E-state index in [0.717, 1.165) is 16.7 Å². The Kier molecular flexibility index (Phi) is 4.96. The zero-order valence-electron chi connectivity index (χ0n) is 14.2. The summed E-state index contributed by atoms with van der Waals surface area (Å²) in [7, 11) is 0. The second-order valence-electron chi connectivity index (χ2n) is 6.12. The van der Waals surface area contributed by atoms with E-state index in [-0.39, 0.29) is 6.04 Å². The topological polar surface area (TPSA) is 55.1 Å². The number of nitrogens with one attached hydrogen (secondary N) is 1. The van der Waals surface area contributed by atoms with Crippen molar-refractivity contribution in [3.05, 3.63) is 108 Å². The van der Waals surface area contributed by atoms with Crippen molar-refractivity contribution in [3.63, 3.8) is 0 Å². The summed E-state index contributed by atoms with van der Waals surface area (Å²) < 4.78 is 0. The average Bonchev–Trinajstić information content (AvgIpc) is 2.67. The maximum Gasteiger partial charge on any atom is 0.247 e. The van der Waals surface area contributed by atoms with Crippen LogP contribution in [0.5, 0.6) is 0 Å². The molecule has 1 unspecified atom stereocenters. The van der Waals surface area contributed by atoms with Crippen LogP contribution in [-0.2, 0) is 10.3 Å². The highest BCUT2D eigenvalue weighted by Gasteiger charge is 2.41. The first-order valence-corrected chi connectivity index (χ1v) is 8.38. The SMILES string of the molecule is CC(NC(C(N)=O)(c1ccccc1)c1ccccc1)c1ccccc1. The molecule has 1 amide bonds. The van der Waals surface area contributed by atoms with Gasteiger partial charge in [-0.25, -0.2) is 0 Å². The van der Waals surface area contributed by atoms with Gasteiger partial charge < -0.3 is 5.73 Å². The van der Waals surface area contributed by atoms with Crippen LogP contribution in [0.2, 0.25) is 0 Å². The van der Waals surface area contributed by atoms with Gasteiger partial charge in [0.1, 0.15) is 5.54 Å². The highest BCUT2D eigenvalue weighted by atomic mass is 16.1. The van der Waals surface area contributed by atoms with Gasteiger partial charge in [0, 0.05) is 6.04 Å². The number of hydrogen-bond donors (Lipinski definition) is 2. The Hall–Kier alpha value is -2.91. The average molecular weight is 330 g/mol. The number of primary amides is 1. The minimum atomic E-state index is -1.10. The molecule has 0 aliphatic rings. The van der Waals surface area contributed by atoms with E-state index in [1.807, 2.05) is 97.9 Å². The predicted molar refractivity (Wildman–Crippen MR) is 101 cm³/mol. The monoisotopic (exact) mass is 330 g/mol. The van der Waals surface area contributed by atoms with E-state index in [1.165, 1.54) is 0 Å². The molecule has 3 N–H and O–H groups in total. The van der Waals surface area contributed by atoms with Crippen LogP contribution in [0.4, 0.5) is 0 Å². The van der Waals surface area contributed by atoms with Crippen molar-refractivity contribution in [2.45, 2.75) is 18.5 Å². The summed E-state index contributed by atoms with van der Waals surface area (Å²) in [6, 6.07) is 29.3. The molecular weight excluding hydrogens is 308 g/mol. The van der Waals surface area contributed by atoms with Crippen molar-refractivity contribution < 1.29 is 4.79 Å². The minimum absolute atomic E-state index is 0.0610. The summed E-state index contributed by atoms with van der Waals surface area (Å²) in [5.41, 5.74) is 7.62. The van der Waals surface area contributed by atoms with Crippen LogP contribution in [0, 0.1) is 0 Å². The summed E-state index contributed by atoms with van der Waals surface area (Å²) in [6.45, 7) is 2.04. The van der Waals surface area contributed by atoms with Gasteiger partial charge in [-0.3, -0.25) is 10.1 Å². The number of carbonyl (C=O) groups excluding carboxylic acids is 1. The van der Waals surface area contributed by atoms with E-state index < -0.39 is 11.4 Å². The van der Waals surface area contributed by atoms with Crippen LogP contribution in [0.15, 0.2) is 91.0 Å². The van der Waals surface area contributed by atoms with E-state index in [9.17, 15) is 4.79 Å². The lowest BCUT2D eigenvalue weighted by molar-refractivity contribution is -0.123. The first-order valence-electron chi connectivity index (χ1n) is 8.38. The molecule has 3 heteroatoms. The van der Waals surface area contributed by atoms with Gasteiger partial charge in [-0.1, -0.05) is 91.0 Å². The molecule has 0 bridgehead atoms. The molecule has 1 atom stereocenters. The first-order chi connectivity index (χ1) is 12.1. The number of nitrogens with two attached hydrogens (primary N) is 1. The molecule has 3 rings (SSSR count). The van der Waals surface area contributed by atoms with Gasteiger partial charge in [0.25, 0.3) is 0 Å². The molecule has 25 heavy (non-hydrogen) atoms. The quantitative estimate of drug-likeness (QED) is 0.723. The number of amides is 1. The molecule has 0 spiro atoms. The smallest absolute Gasteiger partial charge is 0.247 e. The zero-order valence-corrected chi connectivity index (χ0v) is 14.2. The van der Waals surface area contributed by atoms with Crippen molar-refractivity contribution >= 4 is 5.91 Å². The van der Waals surface area contributed by atoms with E-state index >= 15 is 0 Å². The fraction of sp³-hybridized carbons (Fsp3) is 0.136. The number of benzene rings is 3. The van der Waals surface area contributed by atoms with Crippen molar-refractivity contribution in [1.82, 2.24) is 5.32 Å². The Morgan fingerprint density at radius 3 is 1.60 bits per heavy atom. The van der Waals surface area contributed by atoms with E-state index in [4.69, 9.17) is 5.73 Å². The van der Waals surface area contributed by atoms with Crippen molar-refractivity contribution in [1.29, 1.82) is 0 Å². The lowest BCUT2D eigenvalue weighted by Crippen LogP contribution is -2.54. The number of rotatable bonds is 6. The standard InChI is InChI=1S/C22H22N2O/c1-17(18-11-5-2-6-12-18)24-22(21(23)25,19-13-7-3-8-14-19)20-15-9-4-10-16-20/h2-17,24H,1H3,(H2,23,25). The molecule has 0 saturated carbocycles. The lowest BCUT2D eigenvalue weighted by Gasteiger charge is -2.36. The van der Waals surface area contributed by atoms with Gasteiger partial charge in [0.05, 0.1) is 0 Å². The lowest BCUT2D eigenvalue weighted by atomic mass is 9.81. The number of carbonyl (C=O) groups is 1. The highest BCUT2D eigenvalue weighted by Crippen LogP contribution is 2.32. The third kappa shape index (κ3) is 3.32. The van der Waals surface area contributed by atoms with Gasteiger partial charge >= 0.3 is 0 Å². The second kappa shape index (κ2) is 7.32. The molecule has 0 saturated heterocycles. The molecule has 3 nitrogen and oxygen atoms in total. The number of hydrogen-bond acceptors (Lipinski definition) is 2. The van der Waals surface area contributed by atoms with Crippen LogP contribution >= 0.6 is 0 Å². The van der Waals surface area contributed by atoms with Crippen LogP contribution in [0.25, 0.3) is 0 Å². The third-order valence-corrected chi connectivity index (χ3v) is 4.52. The molecule has 0 aliphatic carbocycles. The van der Waals surface area contributed by atoms with Crippen LogP contribution < -0.4 is 11.1 Å². The maximum absolute atomic E-state index is 12.7. The van der Waals surface area contributed by atoms with Gasteiger partial charge in [-0.15, -0.1) is 0 Å². The Balaban J connectivity index is 2.13. The van der Waals surface area contributed by atoms with Crippen molar-refractivity contribution in [2.24, 2.45) is 5.73 Å².